The Morgan fingerprint density at radius 1 is 1.11 bits per heavy atom. The largest absolute Gasteiger partial charge is 0.464 e. The Balaban J connectivity index is 3.19. The number of rotatable bonds is 11. The Hall–Kier alpha value is 0.570. The molecule has 108 valence electrons. The number of ether oxygens (including phenoxy) is 3. The van der Waals surface area contributed by atoms with Crippen molar-refractivity contribution in [2.45, 2.75) is 18.2 Å². The van der Waals surface area contributed by atoms with Gasteiger partial charge in [0.25, 0.3) is 0 Å². The van der Waals surface area contributed by atoms with Crippen LogP contribution in [0.25, 0.3) is 0 Å². The van der Waals surface area contributed by atoms with E-state index in [0.29, 0.717) is 19.8 Å². The molecule has 0 aromatic rings. The number of esters is 1. The van der Waals surface area contributed by atoms with Gasteiger partial charge in [0.05, 0.1) is 19.8 Å². The maximum Gasteiger partial charge on any atom is 0.322 e. The fraction of sp³-hybridized carbons (Fsp3) is 0.909. The Morgan fingerprint density at radius 2 is 1.72 bits per heavy atom. The Labute approximate surface area is 125 Å². The molecular weight excluding hydrogens is 340 g/mol. The topological polar surface area (TPSA) is 44.8 Å². The number of hydrogen-bond acceptors (Lipinski definition) is 6. The van der Waals surface area contributed by atoms with Crippen molar-refractivity contribution in [3.05, 3.63) is 0 Å². The van der Waals surface area contributed by atoms with Crippen molar-refractivity contribution >= 4 is 43.5 Å². The highest BCUT2D eigenvalue weighted by Crippen LogP contribution is 2.21. The lowest BCUT2D eigenvalue weighted by Gasteiger charge is -2.14. The van der Waals surface area contributed by atoms with Crippen LogP contribution in [0.4, 0.5) is 0 Å². The van der Waals surface area contributed by atoms with Crippen molar-refractivity contribution in [1.29, 1.82) is 0 Å². The summed E-state index contributed by atoms with van der Waals surface area (Å²) in [6, 6.07) is 0. The summed E-state index contributed by atoms with van der Waals surface area (Å²) < 4.78 is 14.7. The first-order valence-electron chi connectivity index (χ1n) is 5.65. The van der Waals surface area contributed by atoms with Gasteiger partial charge in [0.2, 0.25) is 0 Å². The minimum Gasteiger partial charge on any atom is -0.464 e. The van der Waals surface area contributed by atoms with Gasteiger partial charge in [0.15, 0.2) is 0 Å². The molecule has 18 heavy (non-hydrogen) atoms. The third-order valence-electron chi connectivity index (χ3n) is 1.71. The van der Waals surface area contributed by atoms with E-state index in [-0.39, 0.29) is 5.97 Å². The molecule has 7 heteroatoms. The van der Waals surface area contributed by atoms with Crippen LogP contribution in [-0.2, 0) is 19.0 Å². The fourth-order valence-corrected chi connectivity index (χ4v) is 2.60. The number of methoxy groups -OCH3 is 1. The molecule has 0 bridgehead atoms. The van der Waals surface area contributed by atoms with Gasteiger partial charge in [-0.15, -0.1) is 0 Å². The Bertz CT molecular complexity index is 222. The van der Waals surface area contributed by atoms with Gasteiger partial charge < -0.3 is 14.2 Å². The van der Waals surface area contributed by atoms with E-state index in [1.165, 1.54) is 0 Å². The third-order valence-corrected chi connectivity index (χ3v) is 4.37. The molecule has 0 unspecified atom stereocenters. The standard InChI is InChI=1S/C11H21BrO4S2/c1-11(2,12)10(13)16-7-9-18-17-8-6-15-5-4-14-3/h4-9H2,1-3H3. The lowest BCUT2D eigenvalue weighted by molar-refractivity contribution is -0.144. The van der Waals surface area contributed by atoms with Gasteiger partial charge in [-0.25, -0.2) is 0 Å². The van der Waals surface area contributed by atoms with Gasteiger partial charge in [0, 0.05) is 18.6 Å². The van der Waals surface area contributed by atoms with E-state index in [9.17, 15) is 4.79 Å². The zero-order valence-corrected chi connectivity index (χ0v) is 14.3. The first-order valence-corrected chi connectivity index (χ1v) is 8.94. The molecule has 0 atom stereocenters. The molecule has 0 amide bonds. The lowest BCUT2D eigenvalue weighted by atomic mass is 10.2. The minimum absolute atomic E-state index is 0.226. The molecule has 0 aliphatic rings. The van der Waals surface area contributed by atoms with Gasteiger partial charge >= 0.3 is 5.97 Å². The normalized spacial score (nSPS) is 11.6. The first-order chi connectivity index (χ1) is 8.48. The summed E-state index contributed by atoms with van der Waals surface area (Å²) in [6.07, 6.45) is 0. The van der Waals surface area contributed by atoms with Crippen molar-refractivity contribution < 1.29 is 19.0 Å². The molecular formula is C11H21BrO4S2. The summed E-state index contributed by atoms with van der Waals surface area (Å²) in [6.45, 7) is 5.98. The van der Waals surface area contributed by atoms with Crippen molar-refractivity contribution in [1.82, 2.24) is 0 Å². The van der Waals surface area contributed by atoms with Crippen LogP contribution >= 0.6 is 37.5 Å². The van der Waals surface area contributed by atoms with E-state index in [1.54, 1.807) is 42.5 Å². The Kier molecular flexibility index (Phi) is 11.8. The highest BCUT2D eigenvalue weighted by Gasteiger charge is 2.24. The van der Waals surface area contributed by atoms with Crippen LogP contribution in [0.15, 0.2) is 0 Å². The second-order valence-corrected chi connectivity index (χ2v) is 8.54. The molecule has 0 radical (unpaired) electrons. The van der Waals surface area contributed by atoms with Gasteiger partial charge in [-0.05, 0) is 13.8 Å². The number of alkyl halides is 1. The summed E-state index contributed by atoms with van der Waals surface area (Å²) in [5, 5.41) is 0. The first kappa shape index (κ1) is 18.6. The lowest BCUT2D eigenvalue weighted by Crippen LogP contribution is -2.27. The van der Waals surface area contributed by atoms with E-state index >= 15 is 0 Å². The van der Waals surface area contributed by atoms with Gasteiger partial charge in [0.1, 0.15) is 10.9 Å². The van der Waals surface area contributed by atoms with Crippen LogP contribution in [-0.4, -0.2) is 55.3 Å². The molecule has 0 aromatic heterocycles. The number of carbonyl (C=O) groups excluding carboxylic acids is 1. The molecule has 0 aliphatic carbocycles. The van der Waals surface area contributed by atoms with Crippen molar-refractivity contribution in [3.63, 3.8) is 0 Å². The van der Waals surface area contributed by atoms with Crippen LogP contribution in [0.3, 0.4) is 0 Å². The molecule has 0 heterocycles. The second kappa shape index (κ2) is 11.4. The third kappa shape index (κ3) is 11.6. The summed E-state index contributed by atoms with van der Waals surface area (Å²) >= 11 is 3.25. The van der Waals surface area contributed by atoms with E-state index in [1.807, 2.05) is 0 Å². The van der Waals surface area contributed by atoms with E-state index < -0.39 is 4.32 Å². The molecule has 0 N–H and O–H groups in total. The van der Waals surface area contributed by atoms with Crippen LogP contribution in [0.5, 0.6) is 0 Å². The van der Waals surface area contributed by atoms with Crippen LogP contribution in [0.2, 0.25) is 0 Å². The smallest absolute Gasteiger partial charge is 0.322 e. The second-order valence-electron chi connectivity index (χ2n) is 3.86. The van der Waals surface area contributed by atoms with E-state index in [4.69, 9.17) is 14.2 Å². The number of halogens is 1. The fourth-order valence-electron chi connectivity index (χ4n) is 0.795. The highest BCUT2D eigenvalue weighted by molar-refractivity contribution is 9.10. The predicted octanol–water partition coefficient (Wildman–Crippen LogP) is 2.75. The molecule has 0 saturated carbocycles. The molecule has 0 rings (SSSR count). The van der Waals surface area contributed by atoms with E-state index in [2.05, 4.69) is 15.9 Å². The van der Waals surface area contributed by atoms with Crippen molar-refractivity contribution in [2.75, 3.05) is 45.0 Å². The maximum absolute atomic E-state index is 11.4. The SMILES string of the molecule is COCCOCCSSCCOC(=O)C(C)(C)Br. The molecule has 0 fully saturated rings. The monoisotopic (exact) mass is 360 g/mol. The molecule has 4 nitrogen and oxygen atoms in total. The Morgan fingerprint density at radius 3 is 2.28 bits per heavy atom. The molecule has 0 spiro atoms. The van der Waals surface area contributed by atoms with E-state index in [0.717, 1.165) is 18.1 Å². The van der Waals surface area contributed by atoms with Crippen LogP contribution < -0.4 is 0 Å². The van der Waals surface area contributed by atoms with Gasteiger partial charge in [-0.2, -0.15) is 0 Å². The molecule has 0 aliphatic heterocycles. The highest BCUT2D eigenvalue weighted by atomic mass is 79.9. The summed E-state index contributed by atoms with van der Waals surface area (Å²) in [5.41, 5.74) is 0. The van der Waals surface area contributed by atoms with Crippen LogP contribution in [0.1, 0.15) is 13.8 Å². The average Bonchev–Trinajstić information content (AvgIpc) is 2.30. The van der Waals surface area contributed by atoms with Crippen molar-refractivity contribution in [2.24, 2.45) is 0 Å². The summed E-state index contributed by atoms with van der Waals surface area (Å²) in [7, 11) is 5.06. The summed E-state index contributed by atoms with van der Waals surface area (Å²) in [4.78, 5) is 11.4. The predicted molar refractivity (Wildman–Crippen MR) is 81.6 cm³/mol. The molecule has 0 aromatic carbocycles. The van der Waals surface area contributed by atoms with Crippen molar-refractivity contribution in [3.8, 4) is 0 Å². The zero-order valence-electron chi connectivity index (χ0n) is 11.1. The molecule has 0 saturated heterocycles. The average molecular weight is 361 g/mol. The summed E-state index contributed by atoms with van der Waals surface area (Å²) in [5.74, 6) is 1.49. The number of carbonyl (C=O) groups is 1. The number of hydrogen-bond donors (Lipinski definition) is 0. The van der Waals surface area contributed by atoms with Crippen LogP contribution in [0, 0.1) is 0 Å². The quantitative estimate of drug-likeness (QED) is 0.244. The maximum atomic E-state index is 11.4. The minimum atomic E-state index is -0.597. The zero-order chi connectivity index (χ0) is 13.9. The van der Waals surface area contributed by atoms with Gasteiger partial charge in [-0.1, -0.05) is 37.5 Å². The van der Waals surface area contributed by atoms with Gasteiger partial charge in [-0.3, -0.25) is 4.79 Å².